The quantitative estimate of drug-likeness (QED) is 0.682. The Balaban J connectivity index is 2.44. The van der Waals surface area contributed by atoms with E-state index in [1.54, 1.807) is 0 Å². The number of benzene rings is 1. The maximum Gasteiger partial charge on any atom is 0.0453 e. The van der Waals surface area contributed by atoms with Crippen LogP contribution in [0.15, 0.2) is 24.3 Å². The summed E-state index contributed by atoms with van der Waals surface area (Å²) < 4.78 is 0. The van der Waals surface area contributed by atoms with E-state index in [-0.39, 0.29) is 0 Å². The molecule has 0 bridgehead atoms. The van der Waals surface area contributed by atoms with Crippen molar-refractivity contribution in [3.63, 3.8) is 0 Å². The Morgan fingerprint density at radius 1 is 1.22 bits per heavy atom. The number of rotatable bonds is 8. The van der Waals surface area contributed by atoms with Gasteiger partial charge in [-0.2, -0.15) is 0 Å². The van der Waals surface area contributed by atoms with E-state index in [1.165, 1.54) is 31.2 Å². The van der Waals surface area contributed by atoms with E-state index in [2.05, 4.69) is 32.2 Å². The zero-order chi connectivity index (χ0) is 13.4. The first kappa shape index (κ1) is 15.5. The lowest BCUT2D eigenvalue weighted by Crippen LogP contribution is -2.25. The van der Waals surface area contributed by atoms with Crippen LogP contribution in [0.25, 0.3) is 0 Å². The molecular weight excluding hydrogens is 242 g/mol. The van der Waals surface area contributed by atoms with Crippen molar-refractivity contribution in [3.05, 3.63) is 34.9 Å². The fraction of sp³-hybridized carbons (Fsp3) is 0.625. The molecule has 1 aromatic carbocycles. The summed E-state index contributed by atoms with van der Waals surface area (Å²) in [4.78, 5) is 0. The van der Waals surface area contributed by atoms with Crippen LogP contribution >= 0.6 is 11.6 Å². The lowest BCUT2D eigenvalue weighted by atomic mass is 9.98. The second-order valence-electron chi connectivity index (χ2n) is 5.07. The summed E-state index contributed by atoms with van der Waals surface area (Å²) in [5.74, 6) is 0.787. The topological polar surface area (TPSA) is 12.0 Å². The first-order valence-corrected chi connectivity index (χ1v) is 7.54. The first-order chi connectivity index (χ1) is 8.69. The highest BCUT2D eigenvalue weighted by atomic mass is 35.5. The number of halogens is 1. The van der Waals surface area contributed by atoms with Crippen LogP contribution in [0.1, 0.15) is 58.1 Å². The summed E-state index contributed by atoms with van der Waals surface area (Å²) in [7, 11) is 0. The Morgan fingerprint density at radius 2 is 1.94 bits per heavy atom. The van der Waals surface area contributed by atoms with Crippen molar-refractivity contribution in [2.24, 2.45) is 5.92 Å². The van der Waals surface area contributed by atoms with E-state index in [0.717, 1.165) is 17.5 Å². The summed E-state index contributed by atoms with van der Waals surface area (Å²) in [6, 6.07) is 8.42. The zero-order valence-corrected chi connectivity index (χ0v) is 12.6. The second-order valence-corrected chi connectivity index (χ2v) is 5.48. The minimum atomic E-state index is 0.328. The molecule has 2 heteroatoms. The molecule has 18 heavy (non-hydrogen) atoms. The van der Waals surface area contributed by atoms with E-state index in [1.807, 2.05) is 18.2 Å². The average molecular weight is 268 g/mol. The van der Waals surface area contributed by atoms with Gasteiger partial charge >= 0.3 is 0 Å². The van der Waals surface area contributed by atoms with E-state index >= 15 is 0 Å². The van der Waals surface area contributed by atoms with Crippen molar-refractivity contribution < 1.29 is 0 Å². The molecule has 0 saturated heterocycles. The molecule has 0 aromatic heterocycles. The average Bonchev–Trinajstić information content (AvgIpc) is 2.39. The van der Waals surface area contributed by atoms with Gasteiger partial charge in [0.15, 0.2) is 0 Å². The molecule has 0 aliphatic rings. The maximum atomic E-state index is 6.21. The first-order valence-electron chi connectivity index (χ1n) is 7.16. The van der Waals surface area contributed by atoms with Gasteiger partial charge in [-0.25, -0.2) is 0 Å². The van der Waals surface area contributed by atoms with Gasteiger partial charge in [-0.3, -0.25) is 0 Å². The van der Waals surface area contributed by atoms with Gasteiger partial charge in [0.2, 0.25) is 0 Å². The van der Waals surface area contributed by atoms with Crippen LogP contribution < -0.4 is 5.32 Å². The van der Waals surface area contributed by atoms with Crippen molar-refractivity contribution in [2.75, 3.05) is 6.54 Å². The Bertz CT molecular complexity index is 338. The molecule has 1 unspecified atom stereocenters. The molecule has 0 spiro atoms. The van der Waals surface area contributed by atoms with Crippen LogP contribution in [-0.2, 0) is 0 Å². The molecule has 0 aliphatic carbocycles. The summed E-state index contributed by atoms with van der Waals surface area (Å²) in [5.41, 5.74) is 1.20. The molecule has 1 aromatic rings. The van der Waals surface area contributed by atoms with Crippen LogP contribution in [0, 0.1) is 5.92 Å². The van der Waals surface area contributed by atoms with Crippen molar-refractivity contribution in [1.29, 1.82) is 0 Å². The van der Waals surface area contributed by atoms with Gasteiger partial charge in [-0.05, 0) is 37.4 Å². The van der Waals surface area contributed by atoms with Crippen LogP contribution in [0.3, 0.4) is 0 Å². The summed E-state index contributed by atoms with van der Waals surface area (Å²) >= 11 is 6.21. The molecule has 2 atom stereocenters. The fourth-order valence-electron chi connectivity index (χ4n) is 2.22. The number of nitrogens with one attached hydrogen (secondary N) is 1. The lowest BCUT2D eigenvalue weighted by Gasteiger charge is -2.20. The molecule has 0 fully saturated rings. The normalized spacial score (nSPS) is 14.4. The second kappa shape index (κ2) is 8.55. The molecule has 0 heterocycles. The SMILES string of the molecule is CCCCC(CC)CN[C@@H](C)c1ccccc1Cl. The molecule has 0 saturated carbocycles. The minimum absolute atomic E-state index is 0.328. The predicted octanol–water partition coefficient (Wildman–Crippen LogP) is 5.21. The van der Waals surface area contributed by atoms with Crippen LogP contribution in [-0.4, -0.2) is 6.54 Å². The maximum absolute atomic E-state index is 6.21. The highest BCUT2D eigenvalue weighted by molar-refractivity contribution is 6.31. The van der Waals surface area contributed by atoms with Gasteiger partial charge in [0, 0.05) is 11.1 Å². The van der Waals surface area contributed by atoms with Crippen molar-refractivity contribution in [3.8, 4) is 0 Å². The zero-order valence-electron chi connectivity index (χ0n) is 11.9. The summed E-state index contributed by atoms with van der Waals surface area (Å²) in [6.07, 6.45) is 5.20. The van der Waals surface area contributed by atoms with Gasteiger partial charge in [-0.1, -0.05) is 62.9 Å². The standard InChI is InChI=1S/C16H26ClN/c1-4-6-9-14(5-2)12-18-13(3)15-10-7-8-11-16(15)17/h7-8,10-11,13-14,18H,4-6,9,12H2,1-3H3/t13-,14?/m0/s1. The monoisotopic (exact) mass is 267 g/mol. The summed E-state index contributed by atoms with van der Waals surface area (Å²) in [6.45, 7) is 7.81. The number of hydrogen-bond donors (Lipinski definition) is 1. The minimum Gasteiger partial charge on any atom is -0.310 e. The van der Waals surface area contributed by atoms with Crippen LogP contribution in [0.5, 0.6) is 0 Å². The molecule has 1 rings (SSSR count). The third-order valence-electron chi connectivity index (χ3n) is 3.63. The Labute approximate surface area is 117 Å². The third kappa shape index (κ3) is 4.99. The molecule has 0 aliphatic heterocycles. The number of unbranched alkanes of at least 4 members (excludes halogenated alkanes) is 1. The molecule has 1 nitrogen and oxygen atoms in total. The van der Waals surface area contributed by atoms with Crippen LogP contribution in [0.2, 0.25) is 5.02 Å². The molecule has 0 radical (unpaired) electrons. The third-order valence-corrected chi connectivity index (χ3v) is 3.97. The molecular formula is C16H26ClN. The van der Waals surface area contributed by atoms with Crippen molar-refractivity contribution in [2.45, 2.75) is 52.5 Å². The van der Waals surface area contributed by atoms with E-state index in [9.17, 15) is 0 Å². The number of hydrogen-bond acceptors (Lipinski definition) is 1. The highest BCUT2D eigenvalue weighted by Gasteiger charge is 2.11. The molecule has 0 amide bonds. The van der Waals surface area contributed by atoms with Gasteiger partial charge in [0.25, 0.3) is 0 Å². The Kier molecular flexibility index (Phi) is 7.38. The van der Waals surface area contributed by atoms with Gasteiger partial charge in [0.1, 0.15) is 0 Å². The smallest absolute Gasteiger partial charge is 0.0453 e. The van der Waals surface area contributed by atoms with Gasteiger partial charge in [-0.15, -0.1) is 0 Å². The highest BCUT2D eigenvalue weighted by Crippen LogP contribution is 2.22. The Morgan fingerprint density at radius 3 is 2.56 bits per heavy atom. The van der Waals surface area contributed by atoms with Gasteiger partial charge < -0.3 is 5.32 Å². The summed E-state index contributed by atoms with van der Waals surface area (Å²) in [5, 5.41) is 4.48. The molecule has 102 valence electrons. The fourth-order valence-corrected chi connectivity index (χ4v) is 2.52. The predicted molar refractivity (Wildman–Crippen MR) is 81.2 cm³/mol. The van der Waals surface area contributed by atoms with E-state index in [0.29, 0.717) is 6.04 Å². The van der Waals surface area contributed by atoms with E-state index < -0.39 is 0 Å². The lowest BCUT2D eigenvalue weighted by molar-refractivity contribution is 0.398. The van der Waals surface area contributed by atoms with E-state index in [4.69, 9.17) is 11.6 Å². The molecule has 1 N–H and O–H groups in total. The van der Waals surface area contributed by atoms with Crippen molar-refractivity contribution >= 4 is 11.6 Å². The van der Waals surface area contributed by atoms with Crippen molar-refractivity contribution in [1.82, 2.24) is 5.32 Å². The van der Waals surface area contributed by atoms with Gasteiger partial charge in [0.05, 0.1) is 0 Å². The Hall–Kier alpha value is -0.530. The largest absolute Gasteiger partial charge is 0.310 e. The van der Waals surface area contributed by atoms with Crippen LogP contribution in [0.4, 0.5) is 0 Å².